The molecule has 10 heteroatoms. The molecule has 1 aromatic heterocycles. The van der Waals surface area contributed by atoms with Gasteiger partial charge in [-0.3, -0.25) is 9.69 Å². The molecular formula is C35H38F2N6O2. The van der Waals surface area contributed by atoms with E-state index < -0.39 is 17.7 Å². The second kappa shape index (κ2) is 12.0. The Labute approximate surface area is 262 Å². The molecule has 0 radical (unpaired) electrons. The van der Waals surface area contributed by atoms with Crippen molar-refractivity contribution >= 4 is 22.6 Å². The lowest BCUT2D eigenvalue weighted by Gasteiger charge is -2.39. The van der Waals surface area contributed by atoms with Crippen LogP contribution in [0, 0.1) is 18.2 Å². The van der Waals surface area contributed by atoms with Crippen molar-refractivity contribution in [2.24, 2.45) is 0 Å². The van der Waals surface area contributed by atoms with Crippen LogP contribution >= 0.6 is 0 Å². The average Bonchev–Trinajstić information content (AvgIpc) is 3.64. The van der Waals surface area contributed by atoms with Crippen molar-refractivity contribution in [3.63, 3.8) is 0 Å². The average molecular weight is 613 g/mol. The summed E-state index contributed by atoms with van der Waals surface area (Å²) < 4.78 is 39.2. The molecule has 1 atom stereocenters. The number of amides is 1. The van der Waals surface area contributed by atoms with Crippen LogP contribution in [-0.4, -0.2) is 83.1 Å². The first kappa shape index (κ1) is 29.6. The molecule has 3 saturated heterocycles. The maximum atomic E-state index is 16.8. The third kappa shape index (κ3) is 5.21. The van der Waals surface area contributed by atoms with E-state index in [-0.39, 0.29) is 47.0 Å². The van der Waals surface area contributed by atoms with Gasteiger partial charge in [-0.05, 0) is 93.3 Å². The van der Waals surface area contributed by atoms with Crippen molar-refractivity contribution in [2.75, 3.05) is 50.8 Å². The third-order valence-electron chi connectivity index (χ3n) is 10.3. The summed E-state index contributed by atoms with van der Waals surface area (Å²) in [4.78, 5) is 31.5. The number of piperazine rings is 1. The minimum atomic E-state index is -0.725. The van der Waals surface area contributed by atoms with Gasteiger partial charge in [-0.2, -0.15) is 9.97 Å². The number of aryl methyl sites for hydroxylation is 1. The fraction of sp³-hybridized carbons (Fsp3) is 0.486. The number of anilines is 1. The highest BCUT2D eigenvalue weighted by Gasteiger charge is 2.45. The first-order valence-corrected chi connectivity index (χ1v) is 16.1. The number of hydrogen-bond acceptors (Lipinski definition) is 6. The minimum absolute atomic E-state index is 0.0124. The maximum Gasteiger partial charge on any atom is 0.319 e. The second-order valence-corrected chi connectivity index (χ2v) is 12.8. The van der Waals surface area contributed by atoms with Gasteiger partial charge < -0.3 is 19.4 Å². The van der Waals surface area contributed by atoms with Crippen molar-refractivity contribution in [3.05, 3.63) is 71.1 Å². The molecule has 4 aliphatic rings. The van der Waals surface area contributed by atoms with Gasteiger partial charge in [0.15, 0.2) is 5.82 Å². The highest BCUT2D eigenvalue weighted by molar-refractivity contribution is 5.94. The Morgan fingerprint density at radius 1 is 1.11 bits per heavy atom. The Morgan fingerprint density at radius 2 is 1.91 bits per heavy atom. The van der Waals surface area contributed by atoms with E-state index in [1.165, 1.54) is 12.1 Å². The summed E-state index contributed by atoms with van der Waals surface area (Å²) in [5.41, 5.74) is 2.59. The van der Waals surface area contributed by atoms with Crippen LogP contribution in [0.1, 0.15) is 49.7 Å². The van der Waals surface area contributed by atoms with Gasteiger partial charge >= 0.3 is 6.01 Å². The van der Waals surface area contributed by atoms with Crippen molar-refractivity contribution in [1.29, 1.82) is 0 Å². The number of benzene rings is 2. The second-order valence-electron chi connectivity index (χ2n) is 12.8. The van der Waals surface area contributed by atoms with Crippen LogP contribution in [0.3, 0.4) is 0 Å². The molecule has 2 aromatic carbocycles. The van der Waals surface area contributed by atoms with Gasteiger partial charge in [0.1, 0.15) is 29.8 Å². The molecule has 4 heterocycles. The Kier molecular flexibility index (Phi) is 7.90. The summed E-state index contributed by atoms with van der Waals surface area (Å²) in [5.74, 6) is -1.29. The smallest absolute Gasteiger partial charge is 0.319 e. The van der Waals surface area contributed by atoms with Gasteiger partial charge in [-0.1, -0.05) is 24.8 Å². The van der Waals surface area contributed by atoms with Crippen LogP contribution in [0.25, 0.3) is 26.9 Å². The van der Waals surface area contributed by atoms with E-state index in [9.17, 15) is 4.79 Å². The number of fused-ring (bicyclic) bond motifs is 3. The third-order valence-corrected chi connectivity index (χ3v) is 10.3. The summed E-state index contributed by atoms with van der Waals surface area (Å²) in [6, 6.07) is 6.70. The van der Waals surface area contributed by atoms with Crippen LogP contribution in [0.2, 0.25) is 0 Å². The molecule has 3 fully saturated rings. The lowest BCUT2D eigenvalue weighted by Crippen LogP contribution is -2.56. The maximum absolute atomic E-state index is 16.8. The highest BCUT2D eigenvalue weighted by atomic mass is 19.1. The lowest BCUT2D eigenvalue weighted by molar-refractivity contribution is -0.128. The summed E-state index contributed by atoms with van der Waals surface area (Å²) in [6.45, 7) is 14.6. The highest BCUT2D eigenvalue weighted by Crippen LogP contribution is 2.41. The number of halogens is 2. The fourth-order valence-electron chi connectivity index (χ4n) is 8.10. The van der Waals surface area contributed by atoms with E-state index >= 15 is 8.78 Å². The van der Waals surface area contributed by atoms with Crippen LogP contribution in [-0.2, 0) is 17.6 Å². The van der Waals surface area contributed by atoms with Crippen LogP contribution in [0.15, 0.2) is 36.9 Å². The molecule has 234 valence electrons. The molecule has 3 aromatic rings. The Hall–Kier alpha value is -4.10. The molecule has 0 spiro atoms. The number of carbonyl (C=O) groups is 1. The molecule has 3 aliphatic heterocycles. The van der Waals surface area contributed by atoms with E-state index in [1.54, 1.807) is 11.0 Å². The quantitative estimate of drug-likeness (QED) is 0.256. The molecule has 0 bridgehead atoms. The molecule has 1 amide bonds. The van der Waals surface area contributed by atoms with Crippen molar-refractivity contribution in [1.82, 2.24) is 19.8 Å². The zero-order valence-corrected chi connectivity index (χ0v) is 25.5. The number of ether oxygens (including phenoxy) is 1. The van der Waals surface area contributed by atoms with Gasteiger partial charge in [0, 0.05) is 25.0 Å². The SMILES string of the molecule is [C-]#[N+]C[C@H]1CN(c2nc(OCC34CCCN3CCC4)nc3c(F)c(-c4cccc5c4CCCC5)c(F)cc23)CCN1C(=O)C=C. The first-order valence-electron chi connectivity index (χ1n) is 16.1. The van der Waals surface area contributed by atoms with Crippen molar-refractivity contribution < 1.29 is 18.3 Å². The normalized spacial score (nSPS) is 21.0. The summed E-state index contributed by atoms with van der Waals surface area (Å²) in [7, 11) is 0. The molecule has 0 N–H and O–H groups in total. The van der Waals surface area contributed by atoms with E-state index in [0.717, 1.165) is 75.6 Å². The molecular weight excluding hydrogens is 574 g/mol. The summed E-state index contributed by atoms with van der Waals surface area (Å²) in [6.07, 6.45) is 9.27. The van der Waals surface area contributed by atoms with Gasteiger partial charge in [0.05, 0.1) is 11.1 Å². The Morgan fingerprint density at radius 3 is 2.69 bits per heavy atom. The van der Waals surface area contributed by atoms with E-state index in [0.29, 0.717) is 31.1 Å². The first-order chi connectivity index (χ1) is 21.9. The zero-order chi connectivity index (χ0) is 31.1. The number of nitrogens with zero attached hydrogens (tertiary/aromatic N) is 6. The zero-order valence-electron chi connectivity index (χ0n) is 25.5. The van der Waals surface area contributed by atoms with Gasteiger partial charge in [-0.15, -0.1) is 0 Å². The number of carbonyl (C=O) groups excluding carboxylic acids is 1. The molecule has 1 aliphatic carbocycles. The monoisotopic (exact) mass is 612 g/mol. The molecule has 8 nitrogen and oxygen atoms in total. The molecule has 45 heavy (non-hydrogen) atoms. The predicted molar refractivity (Wildman–Crippen MR) is 169 cm³/mol. The fourth-order valence-corrected chi connectivity index (χ4v) is 8.10. The number of rotatable bonds is 7. The molecule has 0 saturated carbocycles. The van der Waals surface area contributed by atoms with Crippen LogP contribution < -0.4 is 9.64 Å². The van der Waals surface area contributed by atoms with Crippen molar-refractivity contribution in [2.45, 2.75) is 62.9 Å². The number of hydrogen-bond donors (Lipinski definition) is 0. The topological polar surface area (TPSA) is 66.2 Å². The van der Waals surface area contributed by atoms with Crippen LogP contribution in [0.5, 0.6) is 6.01 Å². The summed E-state index contributed by atoms with van der Waals surface area (Å²) >= 11 is 0. The van der Waals surface area contributed by atoms with Gasteiger partial charge in [-0.25, -0.2) is 15.4 Å². The van der Waals surface area contributed by atoms with E-state index in [2.05, 4.69) is 21.3 Å². The Bertz CT molecular complexity index is 1690. The standard InChI is InChI=1S/C35H38F2N6O2/c1-3-29(44)43-18-17-41(21-24(43)20-38-2)33-27-19-28(36)30(26-12-6-10-23-9-4-5-11-25(23)26)31(37)32(27)39-34(40-33)45-22-35-13-7-15-42(35)16-8-14-35/h3,6,10,12,19,24H,1,4-5,7-9,11,13-18,20-22H2/t24-/m0/s1. The predicted octanol–water partition coefficient (Wildman–Crippen LogP) is 5.58. The van der Waals surface area contributed by atoms with Gasteiger partial charge in [0.2, 0.25) is 12.5 Å². The van der Waals surface area contributed by atoms with Crippen molar-refractivity contribution in [3.8, 4) is 17.1 Å². The van der Waals surface area contributed by atoms with E-state index in [1.807, 2.05) is 17.0 Å². The van der Waals surface area contributed by atoms with Crippen LogP contribution in [0.4, 0.5) is 14.6 Å². The largest absolute Gasteiger partial charge is 0.461 e. The van der Waals surface area contributed by atoms with Gasteiger partial charge in [0.25, 0.3) is 0 Å². The summed E-state index contributed by atoms with van der Waals surface area (Å²) in [5, 5.41) is 0.248. The molecule has 0 unspecified atom stereocenters. The molecule has 7 rings (SSSR count). The minimum Gasteiger partial charge on any atom is -0.461 e. The number of aromatic nitrogens is 2. The lowest BCUT2D eigenvalue weighted by atomic mass is 9.85. The Balaban J connectivity index is 1.33. The van der Waals surface area contributed by atoms with E-state index in [4.69, 9.17) is 16.3 Å².